The van der Waals surface area contributed by atoms with Crippen LogP contribution >= 0.6 is 15.6 Å². The molecule has 2 unspecified atom stereocenters. The molecule has 89 heavy (non-hydrogen) atoms. The fourth-order valence-electron chi connectivity index (χ4n) is 10.6. The van der Waals surface area contributed by atoms with Crippen molar-refractivity contribution >= 4 is 39.5 Å². The van der Waals surface area contributed by atoms with Crippen molar-refractivity contribution in [2.75, 3.05) is 39.6 Å². The molecular formula is C70H136O17P2. The Labute approximate surface area is 543 Å². The van der Waals surface area contributed by atoms with E-state index in [0.29, 0.717) is 25.7 Å². The summed E-state index contributed by atoms with van der Waals surface area (Å²) in [6, 6.07) is 0. The number of ether oxygens (including phenoxy) is 4. The predicted octanol–water partition coefficient (Wildman–Crippen LogP) is 20.1. The molecule has 0 aliphatic rings. The van der Waals surface area contributed by atoms with E-state index < -0.39 is 97.5 Å². The van der Waals surface area contributed by atoms with E-state index in [1.54, 1.807) is 0 Å². The summed E-state index contributed by atoms with van der Waals surface area (Å²) < 4.78 is 68.1. The van der Waals surface area contributed by atoms with Gasteiger partial charge in [0.05, 0.1) is 26.4 Å². The summed E-state index contributed by atoms with van der Waals surface area (Å²) in [4.78, 5) is 72.3. The van der Waals surface area contributed by atoms with E-state index in [0.717, 1.165) is 109 Å². The third kappa shape index (κ3) is 64.6. The molecule has 0 amide bonds. The molecule has 0 aromatic heterocycles. The molecule has 0 spiro atoms. The Morgan fingerprint density at radius 1 is 0.303 bits per heavy atom. The number of rotatable bonds is 70. The summed E-state index contributed by atoms with van der Waals surface area (Å²) in [6.07, 6.45) is 50.3. The zero-order chi connectivity index (χ0) is 65.6. The molecule has 5 atom stereocenters. The smallest absolute Gasteiger partial charge is 0.462 e. The number of unbranched alkanes of at least 4 members (excludes halogenated alkanes) is 42. The van der Waals surface area contributed by atoms with Gasteiger partial charge in [0.2, 0.25) is 0 Å². The van der Waals surface area contributed by atoms with E-state index in [4.69, 9.17) is 37.0 Å². The lowest BCUT2D eigenvalue weighted by Crippen LogP contribution is -2.30. The quantitative estimate of drug-likeness (QED) is 0.0222. The fourth-order valence-corrected chi connectivity index (χ4v) is 12.2. The van der Waals surface area contributed by atoms with E-state index in [-0.39, 0.29) is 25.7 Å². The molecule has 0 fully saturated rings. The molecule has 0 rings (SSSR count). The number of phosphoric acid groups is 2. The summed E-state index contributed by atoms with van der Waals surface area (Å²) in [7, 11) is -9.89. The lowest BCUT2D eigenvalue weighted by molar-refractivity contribution is -0.161. The van der Waals surface area contributed by atoms with E-state index >= 15 is 0 Å². The highest BCUT2D eigenvalue weighted by atomic mass is 31.2. The molecule has 0 saturated carbocycles. The number of esters is 4. The Bertz CT molecular complexity index is 1720. The van der Waals surface area contributed by atoms with Crippen LogP contribution in [0.1, 0.15) is 362 Å². The number of hydrogen-bond donors (Lipinski definition) is 3. The van der Waals surface area contributed by atoms with Crippen LogP contribution in [0.4, 0.5) is 0 Å². The lowest BCUT2D eigenvalue weighted by atomic mass is 10.0. The van der Waals surface area contributed by atoms with E-state index in [9.17, 15) is 43.2 Å². The zero-order valence-electron chi connectivity index (χ0n) is 57.6. The molecule has 17 nitrogen and oxygen atoms in total. The molecule has 0 aromatic rings. The number of aliphatic hydroxyl groups is 1. The standard InChI is InChI=1S/C70H136O17P2/c1-6-9-12-15-18-20-21-22-23-24-25-26-27-28-29-30-31-35-41-46-51-56-70(75)87-66(60-81-68(73)54-49-44-39-36-32-34-38-42-47-52-63(4)5)62-85-89(78,79)83-58-64(71)57-82-88(76,77)84-61-65(59-80-67(72)53-48-43-37-17-14-11-8-3)86-69(74)55-50-45-40-33-19-16-13-10-7-2/h63-66,71H,6-62H2,1-5H3,(H,76,77)(H,78,79)/t64-,65+,66+/m0/s1. The van der Waals surface area contributed by atoms with E-state index in [1.807, 2.05) is 0 Å². The van der Waals surface area contributed by atoms with Crippen LogP contribution in [-0.4, -0.2) is 96.7 Å². The Kier molecular flexibility index (Phi) is 62.1. The predicted molar refractivity (Wildman–Crippen MR) is 358 cm³/mol. The normalized spacial score (nSPS) is 14.1. The first-order valence-corrected chi connectivity index (χ1v) is 39.6. The van der Waals surface area contributed by atoms with Gasteiger partial charge in [0, 0.05) is 25.7 Å². The van der Waals surface area contributed by atoms with Gasteiger partial charge in [-0.25, -0.2) is 9.13 Å². The molecule has 0 saturated heterocycles. The lowest BCUT2D eigenvalue weighted by Gasteiger charge is -2.21. The average molecular weight is 1310 g/mol. The van der Waals surface area contributed by atoms with Crippen LogP contribution < -0.4 is 0 Å². The second kappa shape index (κ2) is 63.5. The van der Waals surface area contributed by atoms with Gasteiger partial charge >= 0.3 is 39.5 Å². The minimum absolute atomic E-state index is 0.106. The van der Waals surface area contributed by atoms with Crippen LogP contribution in [0.5, 0.6) is 0 Å². The van der Waals surface area contributed by atoms with Crippen LogP contribution in [-0.2, 0) is 65.4 Å². The van der Waals surface area contributed by atoms with Gasteiger partial charge < -0.3 is 33.8 Å². The summed E-state index contributed by atoms with van der Waals surface area (Å²) in [5.41, 5.74) is 0. The third-order valence-electron chi connectivity index (χ3n) is 16.3. The minimum Gasteiger partial charge on any atom is -0.462 e. The number of hydrogen-bond acceptors (Lipinski definition) is 15. The van der Waals surface area contributed by atoms with Crippen molar-refractivity contribution in [1.82, 2.24) is 0 Å². The molecule has 0 bridgehead atoms. The van der Waals surface area contributed by atoms with Gasteiger partial charge in [0.25, 0.3) is 0 Å². The van der Waals surface area contributed by atoms with E-state index in [2.05, 4.69) is 34.6 Å². The molecule has 0 aliphatic carbocycles. The highest BCUT2D eigenvalue weighted by Crippen LogP contribution is 2.45. The Balaban J connectivity index is 5.12. The highest BCUT2D eigenvalue weighted by molar-refractivity contribution is 7.47. The minimum atomic E-state index is -4.95. The largest absolute Gasteiger partial charge is 0.472 e. The molecule has 528 valence electrons. The van der Waals surface area contributed by atoms with Crippen LogP contribution in [0.25, 0.3) is 0 Å². The van der Waals surface area contributed by atoms with E-state index in [1.165, 1.54) is 173 Å². The number of carbonyl (C=O) groups excluding carboxylic acids is 4. The maximum absolute atomic E-state index is 13.0. The van der Waals surface area contributed by atoms with Gasteiger partial charge in [-0.3, -0.25) is 37.3 Å². The third-order valence-corrected chi connectivity index (χ3v) is 18.2. The fraction of sp³-hybridized carbons (Fsp3) is 0.943. The molecular weight excluding hydrogens is 1170 g/mol. The Morgan fingerprint density at radius 3 is 0.764 bits per heavy atom. The molecule has 0 aliphatic heterocycles. The average Bonchev–Trinajstić information content (AvgIpc) is 3.55. The number of carbonyl (C=O) groups is 4. The van der Waals surface area contributed by atoms with Gasteiger partial charge in [-0.05, 0) is 31.6 Å². The topological polar surface area (TPSA) is 237 Å². The summed E-state index contributed by atoms with van der Waals surface area (Å²) in [6.45, 7) is 7.16. The van der Waals surface area contributed by atoms with Gasteiger partial charge in [-0.2, -0.15) is 0 Å². The SMILES string of the molecule is CCCCCCCCCCCCCCCCCCCCCCCC(=O)O[C@H](COC(=O)CCCCCCCCCCCC(C)C)COP(=O)(O)OC[C@@H](O)COP(=O)(O)OC[C@@H](COC(=O)CCCCCCCCC)OC(=O)CCCCCCCCCCC. The van der Waals surface area contributed by atoms with Crippen molar-refractivity contribution in [3.05, 3.63) is 0 Å². The molecule has 0 radical (unpaired) electrons. The van der Waals surface area contributed by atoms with Gasteiger partial charge in [-0.1, -0.05) is 311 Å². The van der Waals surface area contributed by atoms with Gasteiger partial charge in [0.1, 0.15) is 19.3 Å². The molecule has 19 heteroatoms. The number of phosphoric ester groups is 2. The van der Waals surface area contributed by atoms with Crippen LogP contribution in [0.3, 0.4) is 0 Å². The highest BCUT2D eigenvalue weighted by Gasteiger charge is 2.30. The Morgan fingerprint density at radius 2 is 0.517 bits per heavy atom. The maximum Gasteiger partial charge on any atom is 0.472 e. The number of aliphatic hydroxyl groups excluding tert-OH is 1. The van der Waals surface area contributed by atoms with Crippen molar-refractivity contribution in [2.45, 2.75) is 380 Å². The second-order valence-electron chi connectivity index (χ2n) is 25.7. The first-order valence-electron chi connectivity index (χ1n) is 36.6. The Hall–Kier alpha value is -1.94. The first kappa shape index (κ1) is 87.1. The van der Waals surface area contributed by atoms with Crippen molar-refractivity contribution in [1.29, 1.82) is 0 Å². The summed E-state index contributed by atoms with van der Waals surface area (Å²) in [5, 5.41) is 10.6. The van der Waals surface area contributed by atoms with Crippen LogP contribution in [0, 0.1) is 5.92 Å². The van der Waals surface area contributed by atoms with Gasteiger partial charge in [-0.15, -0.1) is 0 Å². The summed E-state index contributed by atoms with van der Waals surface area (Å²) >= 11 is 0. The van der Waals surface area contributed by atoms with Crippen molar-refractivity contribution < 1.29 is 80.2 Å². The van der Waals surface area contributed by atoms with Gasteiger partial charge in [0.15, 0.2) is 12.2 Å². The zero-order valence-corrected chi connectivity index (χ0v) is 59.4. The van der Waals surface area contributed by atoms with Crippen molar-refractivity contribution in [3.8, 4) is 0 Å². The van der Waals surface area contributed by atoms with Crippen molar-refractivity contribution in [3.63, 3.8) is 0 Å². The second-order valence-corrected chi connectivity index (χ2v) is 28.7. The monoisotopic (exact) mass is 1310 g/mol. The molecule has 0 heterocycles. The first-order chi connectivity index (χ1) is 43.0. The maximum atomic E-state index is 13.0. The summed E-state index contributed by atoms with van der Waals surface area (Å²) in [5.74, 6) is -1.39. The van der Waals surface area contributed by atoms with Crippen LogP contribution in [0.15, 0.2) is 0 Å². The van der Waals surface area contributed by atoms with Crippen LogP contribution in [0.2, 0.25) is 0 Å². The molecule has 3 N–H and O–H groups in total. The molecule has 0 aromatic carbocycles. The van der Waals surface area contributed by atoms with Crippen molar-refractivity contribution in [2.24, 2.45) is 5.92 Å².